The van der Waals surface area contributed by atoms with Crippen LogP contribution >= 0.6 is 0 Å². The van der Waals surface area contributed by atoms with Gasteiger partial charge in [-0.1, -0.05) is 0 Å². The molecule has 21 heavy (non-hydrogen) atoms. The van der Waals surface area contributed by atoms with Gasteiger partial charge >= 0.3 is 5.69 Å². The second kappa shape index (κ2) is 6.23. The first-order valence-corrected chi connectivity index (χ1v) is 6.21. The molecule has 0 amide bonds. The maximum Gasteiger partial charge on any atom is 0.352 e. The highest BCUT2D eigenvalue weighted by molar-refractivity contribution is 5.62. The molecule has 0 aliphatic rings. The minimum absolute atomic E-state index is 0.199. The van der Waals surface area contributed by atoms with E-state index >= 15 is 0 Å². The van der Waals surface area contributed by atoms with Crippen LogP contribution in [-0.4, -0.2) is 35.8 Å². The molecular formula is C13H17N5O3. The third-order valence-electron chi connectivity index (χ3n) is 2.90. The molecule has 0 saturated carbocycles. The van der Waals surface area contributed by atoms with Crippen molar-refractivity contribution in [3.8, 4) is 22.9 Å². The van der Waals surface area contributed by atoms with Gasteiger partial charge in [0.2, 0.25) is 5.95 Å². The summed E-state index contributed by atoms with van der Waals surface area (Å²) in [5.41, 5.74) is 5.68. The number of nitrogens with zero attached hydrogens (tertiary/aromatic N) is 3. The Labute approximate surface area is 121 Å². The van der Waals surface area contributed by atoms with Gasteiger partial charge in [0.15, 0.2) is 11.5 Å². The summed E-state index contributed by atoms with van der Waals surface area (Å²) in [5, 5.41) is 0. The van der Waals surface area contributed by atoms with Crippen molar-refractivity contribution in [2.24, 2.45) is 7.05 Å². The lowest BCUT2D eigenvalue weighted by molar-refractivity contribution is 0.355. The van der Waals surface area contributed by atoms with E-state index in [1.54, 1.807) is 46.5 Å². The molecule has 8 nitrogen and oxygen atoms in total. The average molecular weight is 291 g/mol. The molecule has 112 valence electrons. The zero-order chi connectivity index (χ0) is 15.4. The Bertz CT molecular complexity index is 699. The Hall–Kier alpha value is -2.61. The van der Waals surface area contributed by atoms with Crippen molar-refractivity contribution in [1.82, 2.24) is 20.0 Å². The van der Waals surface area contributed by atoms with Crippen LogP contribution in [0.4, 0.5) is 5.95 Å². The molecule has 0 bridgehead atoms. The lowest BCUT2D eigenvalue weighted by Gasteiger charge is -2.12. The molecule has 0 aliphatic carbocycles. The van der Waals surface area contributed by atoms with E-state index in [1.807, 2.05) is 0 Å². The van der Waals surface area contributed by atoms with Gasteiger partial charge in [0.25, 0.3) is 0 Å². The molecule has 8 heteroatoms. The monoisotopic (exact) mass is 291 g/mol. The molecule has 0 atom stereocenters. The number of hydrogen-bond acceptors (Lipinski definition) is 7. The topological polar surface area (TPSA) is 90.3 Å². The van der Waals surface area contributed by atoms with E-state index in [0.29, 0.717) is 22.9 Å². The number of hydrazine groups is 1. The van der Waals surface area contributed by atoms with Gasteiger partial charge in [0.05, 0.1) is 14.2 Å². The molecule has 2 N–H and O–H groups in total. The Morgan fingerprint density at radius 3 is 2.48 bits per heavy atom. The molecule has 0 saturated heterocycles. The van der Waals surface area contributed by atoms with Crippen molar-refractivity contribution in [1.29, 1.82) is 0 Å². The molecule has 1 aromatic carbocycles. The fourth-order valence-corrected chi connectivity index (χ4v) is 1.86. The van der Waals surface area contributed by atoms with E-state index in [1.165, 1.54) is 4.57 Å². The van der Waals surface area contributed by atoms with E-state index in [9.17, 15) is 4.79 Å². The fraction of sp³-hybridized carbons (Fsp3) is 0.308. The van der Waals surface area contributed by atoms with Gasteiger partial charge in [0.1, 0.15) is 5.82 Å². The van der Waals surface area contributed by atoms with Crippen molar-refractivity contribution in [3.63, 3.8) is 0 Å². The first-order chi connectivity index (χ1) is 10.1. The van der Waals surface area contributed by atoms with E-state index in [-0.39, 0.29) is 5.95 Å². The fourth-order valence-electron chi connectivity index (χ4n) is 1.86. The predicted octanol–water partition coefficient (Wildman–Crippen LogP) is 0.406. The summed E-state index contributed by atoms with van der Waals surface area (Å²) in [7, 11) is 6.38. The Morgan fingerprint density at radius 1 is 1.14 bits per heavy atom. The number of benzene rings is 1. The number of methoxy groups -OCH3 is 2. The third kappa shape index (κ3) is 2.95. The smallest absolute Gasteiger partial charge is 0.352 e. The summed E-state index contributed by atoms with van der Waals surface area (Å²) in [6, 6.07) is 5.31. The molecule has 0 fully saturated rings. The predicted molar refractivity (Wildman–Crippen MR) is 78.5 cm³/mol. The van der Waals surface area contributed by atoms with Crippen LogP contribution in [0.3, 0.4) is 0 Å². The highest BCUT2D eigenvalue weighted by Gasteiger charge is 2.12. The van der Waals surface area contributed by atoms with Crippen molar-refractivity contribution >= 4 is 5.95 Å². The lowest BCUT2D eigenvalue weighted by atomic mass is 10.2. The van der Waals surface area contributed by atoms with Crippen molar-refractivity contribution in [3.05, 3.63) is 28.7 Å². The van der Waals surface area contributed by atoms with Crippen LogP contribution in [0.1, 0.15) is 0 Å². The standard InChI is InChI=1S/C13H17N5O3/c1-14-17-12-15-11(18(2)13(19)16-12)8-5-6-9(20-3)10(7-8)21-4/h5-7,14H,1-4H3,(H,16,17,19). The minimum Gasteiger partial charge on any atom is -0.493 e. The molecule has 0 unspecified atom stereocenters. The number of anilines is 1. The molecule has 0 spiro atoms. The largest absolute Gasteiger partial charge is 0.493 e. The van der Waals surface area contributed by atoms with Gasteiger partial charge in [-0.15, -0.1) is 0 Å². The molecule has 1 heterocycles. The lowest BCUT2D eigenvalue weighted by Crippen LogP contribution is -2.27. The van der Waals surface area contributed by atoms with E-state index in [2.05, 4.69) is 20.8 Å². The van der Waals surface area contributed by atoms with Gasteiger partial charge in [-0.3, -0.25) is 9.99 Å². The van der Waals surface area contributed by atoms with Gasteiger partial charge in [-0.25, -0.2) is 10.2 Å². The van der Waals surface area contributed by atoms with Crippen molar-refractivity contribution in [2.45, 2.75) is 0 Å². The molecular weight excluding hydrogens is 274 g/mol. The number of nitrogens with one attached hydrogen (secondary N) is 2. The third-order valence-corrected chi connectivity index (χ3v) is 2.90. The summed E-state index contributed by atoms with van der Waals surface area (Å²) >= 11 is 0. The van der Waals surface area contributed by atoms with E-state index in [0.717, 1.165) is 0 Å². The summed E-state index contributed by atoms with van der Waals surface area (Å²) in [6.07, 6.45) is 0. The summed E-state index contributed by atoms with van der Waals surface area (Å²) in [5.74, 6) is 1.83. The summed E-state index contributed by atoms with van der Waals surface area (Å²) < 4.78 is 11.8. The van der Waals surface area contributed by atoms with Crippen molar-refractivity contribution in [2.75, 3.05) is 26.7 Å². The zero-order valence-electron chi connectivity index (χ0n) is 12.3. The highest BCUT2D eigenvalue weighted by Crippen LogP contribution is 2.31. The zero-order valence-corrected chi connectivity index (χ0v) is 12.3. The normalized spacial score (nSPS) is 10.3. The van der Waals surface area contributed by atoms with Crippen LogP contribution in [0.25, 0.3) is 11.4 Å². The van der Waals surface area contributed by atoms with E-state index < -0.39 is 5.69 Å². The Morgan fingerprint density at radius 2 is 1.86 bits per heavy atom. The maximum atomic E-state index is 11.9. The molecule has 0 aliphatic heterocycles. The molecule has 0 radical (unpaired) electrons. The summed E-state index contributed by atoms with van der Waals surface area (Å²) in [6.45, 7) is 0. The minimum atomic E-state index is -0.410. The number of hydrogen-bond donors (Lipinski definition) is 2. The second-order valence-electron chi connectivity index (χ2n) is 4.16. The Kier molecular flexibility index (Phi) is 4.39. The maximum absolute atomic E-state index is 11.9. The van der Waals surface area contributed by atoms with Gasteiger partial charge in [-0.05, 0) is 18.2 Å². The SMILES string of the molecule is CNNc1nc(-c2ccc(OC)c(OC)c2)n(C)c(=O)n1. The van der Waals surface area contributed by atoms with Crippen LogP contribution < -0.4 is 26.0 Å². The number of aromatic nitrogens is 3. The number of rotatable bonds is 5. The summed E-state index contributed by atoms with van der Waals surface area (Å²) in [4.78, 5) is 20.0. The van der Waals surface area contributed by atoms with Crippen LogP contribution in [-0.2, 0) is 7.05 Å². The quantitative estimate of drug-likeness (QED) is 0.771. The van der Waals surface area contributed by atoms with Crippen LogP contribution in [0, 0.1) is 0 Å². The molecule has 1 aromatic heterocycles. The van der Waals surface area contributed by atoms with Gasteiger partial charge < -0.3 is 9.47 Å². The van der Waals surface area contributed by atoms with Crippen LogP contribution in [0.5, 0.6) is 11.5 Å². The first kappa shape index (κ1) is 14.8. The highest BCUT2D eigenvalue weighted by atomic mass is 16.5. The molecule has 2 rings (SSSR count). The van der Waals surface area contributed by atoms with Crippen LogP contribution in [0.2, 0.25) is 0 Å². The second-order valence-corrected chi connectivity index (χ2v) is 4.16. The van der Waals surface area contributed by atoms with Gasteiger partial charge in [0, 0.05) is 19.7 Å². The number of ether oxygens (including phenoxy) is 2. The van der Waals surface area contributed by atoms with Gasteiger partial charge in [-0.2, -0.15) is 9.97 Å². The average Bonchev–Trinajstić information content (AvgIpc) is 2.50. The Balaban J connectivity index is 2.58. The molecule has 2 aromatic rings. The van der Waals surface area contributed by atoms with E-state index in [4.69, 9.17) is 9.47 Å². The van der Waals surface area contributed by atoms with Crippen molar-refractivity contribution < 1.29 is 9.47 Å². The van der Waals surface area contributed by atoms with Crippen LogP contribution in [0.15, 0.2) is 23.0 Å². The first-order valence-electron chi connectivity index (χ1n) is 6.21.